The summed E-state index contributed by atoms with van der Waals surface area (Å²) in [7, 11) is 0. The predicted octanol–water partition coefficient (Wildman–Crippen LogP) is 1.96. The lowest BCUT2D eigenvalue weighted by Crippen LogP contribution is -2.14. The second-order valence-electron chi connectivity index (χ2n) is 5.36. The average Bonchev–Trinajstić information content (AvgIpc) is 2.95. The van der Waals surface area contributed by atoms with Crippen LogP contribution >= 0.6 is 0 Å². The molecule has 0 fully saturated rings. The molecule has 1 atom stereocenters. The Bertz CT molecular complexity index is 850. The van der Waals surface area contributed by atoms with Gasteiger partial charge in [0.05, 0.1) is 12.2 Å². The Hall–Kier alpha value is -2.87. The summed E-state index contributed by atoms with van der Waals surface area (Å²) < 4.78 is 20.9. The molecule has 3 rings (SSSR count). The molecule has 0 saturated carbocycles. The van der Waals surface area contributed by atoms with Gasteiger partial charge in [-0.05, 0) is 31.2 Å². The normalized spacial score (nSPS) is 12.3. The van der Waals surface area contributed by atoms with Crippen molar-refractivity contribution in [1.29, 1.82) is 0 Å². The minimum atomic E-state index is -0.332. The zero-order valence-corrected chi connectivity index (χ0v) is 13.2. The van der Waals surface area contributed by atoms with E-state index < -0.39 is 0 Å². The van der Waals surface area contributed by atoms with Crippen LogP contribution < -0.4 is 21.5 Å². The minimum absolute atomic E-state index is 0.232. The van der Waals surface area contributed by atoms with Crippen LogP contribution in [0.2, 0.25) is 0 Å². The summed E-state index contributed by atoms with van der Waals surface area (Å²) in [6, 6.07) is 5.84. The lowest BCUT2D eigenvalue weighted by atomic mass is 10.1. The van der Waals surface area contributed by atoms with Crippen LogP contribution in [0, 0.1) is 5.82 Å². The number of hydrogen-bond acceptors (Lipinski definition) is 6. The van der Waals surface area contributed by atoms with Gasteiger partial charge in [-0.15, -0.1) is 0 Å². The summed E-state index contributed by atoms with van der Waals surface area (Å²) in [5.74, 6) is 0.656. The third-order valence-corrected chi connectivity index (χ3v) is 3.58. The molecule has 2 heterocycles. The topological polar surface area (TPSA) is 103 Å². The van der Waals surface area contributed by atoms with Gasteiger partial charge in [0.1, 0.15) is 29.7 Å². The third-order valence-electron chi connectivity index (χ3n) is 3.58. The third kappa shape index (κ3) is 3.23. The maximum atomic E-state index is 13.7. The predicted molar refractivity (Wildman–Crippen MR) is 90.4 cm³/mol. The Morgan fingerprint density at radius 3 is 3.00 bits per heavy atom. The van der Waals surface area contributed by atoms with E-state index in [1.54, 1.807) is 29.0 Å². The molecule has 0 aliphatic rings. The molecule has 5 N–H and O–H groups in total. The second kappa shape index (κ2) is 6.71. The number of anilines is 2. The number of nitrogen functional groups attached to an aromatic ring is 1. The summed E-state index contributed by atoms with van der Waals surface area (Å²) in [5.41, 5.74) is 13.2. The van der Waals surface area contributed by atoms with Crippen LogP contribution in [0.15, 0.2) is 36.7 Å². The summed E-state index contributed by atoms with van der Waals surface area (Å²) in [6.45, 7) is 2.65. The summed E-state index contributed by atoms with van der Waals surface area (Å²) >= 11 is 0. The van der Waals surface area contributed by atoms with E-state index in [1.165, 1.54) is 12.1 Å². The molecule has 0 spiro atoms. The molecule has 3 aromatic rings. The van der Waals surface area contributed by atoms with E-state index in [0.29, 0.717) is 41.6 Å². The van der Waals surface area contributed by atoms with Crippen LogP contribution in [0.25, 0.3) is 5.65 Å². The number of nitrogens with one attached hydrogen (secondary N) is 1. The number of benzene rings is 1. The van der Waals surface area contributed by atoms with Gasteiger partial charge < -0.3 is 21.5 Å². The van der Waals surface area contributed by atoms with Gasteiger partial charge >= 0.3 is 0 Å². The zero-order chi connectivity index (χ0) is 17.1. The molecule has 8 heteroatoms. The van der Waals surface area contributed by atoms with Gasteiger partial charge in [-0.2, -0.15) is 5.10 Å². The molecule has 1 unspecified atom stereocenters. The van der Waals surface area contributed by atoms with E-state index in [-0.39, 0.29) is 11.9 Å². The monoisotopic (exact) mass is 330 g/mol. The van der Waals surface area contributed by atoms with Crippen molar-refractivity contribution < 1.29 is 9.13 Å². The smallest absolute Gasteiger partial charge is 0.180 e. The summed E-state index contributed by atoms with van der Waals surface area (Å²) in [5, 5.41) is 7.48. The molecule has 0 bridgehead atoms. The van der Waals surface area contributed by atoms with Gasteiger partial charge in [0.2, 0.25) is 0 Å². The number of nitrogens with zero attached hydrogens (tertiary/aromatic N) is 3. The quantitative estimate of drug-likeness (QED) is 0.638. The molecule has 126 valence electrons. The largest absolute Gasteiger partial charge is 0.492 e. The molecule has 1 aromatic carbocycles. The number of ether oxygens (including phenoxy) is 1. The average molecular weight is 330 g/mol. The van der Waals surface area contributed by atoms with E-state index in [0.717, 1.165) is 0 Å². The highest BCUT2D eigenvalue weighted by atomic mass is 19.1. The molecule has 0 amide bonds. The Morgan fingerprint density at radius 1 is 1.38 bits per heavy atom. The van der Waals surface area contributed by atoms with Crippen molar-refractivity contribution in [3.05, 3.63) is 48.0 Å². The fourth-order valence-corrected chi connectivity index (χ4v) is 2.45. The molecule has 0 radical (unpaired) electrons. The number of aromatic nitrogens is 3. The van der Waals surface area contributed by atoms with E-state index >= 15 is 0 Å². The van der Waals surface area contributed by atoms with Crippen LogP contribution in [-0.4, -0.2) is 27.7 Å². The Labute approximate surface area is 138 Å². The second-order valence-corrected chi connectivity index (χ2v) is 5.36. The lowest BCUT2D eigenvalue weighted by molar-refractivity contribution is 0.323. The molecule has 0 saturated heterocycles. The highest BCUT2D eigenvalue weighted by Gasteiger charge is 2.15. The van der Waals surface area contributed by atoms with Crippen LogP contribution in [0.5, 0.6) is 5.75 Å². The highest BCUT2D eigenvalue weighted by molar-refractivity contribution is 5.68. The fourth-order valence-electron chi connectivity index (χ4n) is 2.45. The highest BCUT2D eigenvalue weighted by Crippen LogP contribution is 2.29. The number of rotatable bonds is 6. The lowest BCUT2D eigenvalue weighted by Gasteiger charge is -2.18. The van der Waals surface area contributed by atoms with Crippen LogP contribution in [-0.2, 0) is 0 Å². The van der Waals surface area contributed by atoms with E-state index in [9.17, 15) is 4.39 Å². The number of fused-ring (bicyclic) bond motifs is 1. The summed E-state index contributed by atoms with van der Waals surface area (Å²) in [6.07, 6.45) is 3.38. The van der Waals surface area contributed by atoms with Crippen molar-refractivity contribution >= 4 is 17.2 Å². The van der Waals surface area contributed by atoms with Gasteiger partial charge in [0.15, 0.2) is 5.65 Å². The fraction of sp³-hybridized carbons (Fsp3) is 0.250. The van der Waals surface area contributed by atoms with Crippen molar-refractivity contribution in [1.82, 2.24) is 14.6 Å². The van der Waals surface area contributed by atoms with Gasteiger partial charge in [-0.3, -0.25) is 0 Å². The molecule has 7 nitrogen and oxygen atoms in total. The maximum absolute atomic E-state index is 13.7. The first-order chi connectivity index (χ1) is 11.6. The van der Waals surface area contributed by atoms with Crippen molar-refractivity contribution in [2.75, 3.05) is 24.2 Å². The van der Waals surface area contributed by atoms with Crippen LogP contribution in [0.4, 0.5) is 15.9 Å². The first kappa shape index (κ1) is 16.0. The van der Waals surface area contributed by atoms with Crippen molar-refractivity contribution in [2.45, 2.75) is 13.0 Å². The number of halogens is 1. The zero-order valence-electron chi connectivity index (χ0n) is 13.2. The molecule has 0 aliphatic carbocycles. The Balaban J connectivity index is 1.89. The Morgan fingerprint density at radius 2 is 2.21 bits per heavy atom. The molecule has 24 heavy (non-hydrogen) atoms. The Kier molecular flexibility index (Phi) is 4.48. The first-order valence-corrected chi connectivity index (χ1v) is 7.57. The van der Waals surface area contributed by atoms with E-state index in [4.69, 9.17) is 16.2 Å². The van der Waals surface area contributed by atoms with Crippen LogP contribution in [0.3, 0.4) is 0 Å². The van der Waals surface area contributed by atoms with Gasteiger partial charge in [0, 0.05) is 18.3 Å². The van der Waals surface area contributed by atoms with E-state index in [2.05, 4.69) is 15.4 Å². The van der Waals surface area contributed by atoms with Crippen molar-refractivity contribution in [3.63, 3.8) is 0 Å². The van der Waals surface area contributed by atoms with Crippen molar-refractivity contribution in [3.8, 4) is 5.75 Å². The standard InChI is InChI=1S/C16H19FN6O/c1-10(12-8-11(17)2-3-14(12)24-7-5-18)21-13-9-20-23-6-4-15(19)22-16(13)23/h2-4,6,8-10,21H,5,7,18H2,1H3,(H2,19,22). The first-order valence-electron chi connectivity index (χ1n) is 7.57. The maximum Gasteiger partial charge on any atom is 0.180 e. The molecule has 0 aliphatic heterocycles. The van der Waals surface area contributed by atoms with Crippen molar-refractivity contribution in [2.24, 2.45) is 5.73 Å². The van der Waals surface area contributed by atoms with Gasteiger partial charge in [-0.1, -0.05) is 0 Å². The number of hydrogen-bond donors (Lipinski definition) is 3. The molecular formula is C16H19FN6O. The minimum Gasteiger partial charge on any atom is -0.492 e. The summed E-state index contributed by atoms with van der Waals surface area (Å²) in [4.78, 5) is 4.27. The van der Waals surface area contributed by atoms with E-state index in [1.807, 2.05) is 6.92 Å². The SMILES string of the molecule is CC(Nc1cnn2ccc(N)nc12)c1cc(F)ccc1OCCN. The molecule has 2 aromatic heterocycles. The van der Waals surface area contributed by atoms with Crippen LogP contribution in [0.1, 0.15) is 18.5 Å². The van der Waals surface area contributed by atoms with Gasteiger partial charge in [0.25, 0.3) is 0 Å². The number of nitrogens with two attached hydrogens (primary N) is 2. The van der Waals surface area contributed by atoms with Gasteiger partial charge in [-0.25, -0.2) is 13.9 Å². The molecular weight excluding hydrogens is 311 g/mol.